The predicted octanol–water partition coefficient (Wildman–Crippen LogP) is 13.0. The number of aromatic nitrogens is 2. The van der Waals surface area contributed by atoms with Gasteiger partial charge in [-0.3, -0.25) is 0 Å². The molecule has 0 aliphatic carbocycles. The Morgan fingerprint density at radius 1 is 0.314 bits per heavy atom. The molecule has 0 saturated carbocycles. The van der Waals surface area contributed by atoms with Crippen LogP contribution in [-0.4, -0.2) is 9.97 Å². The van der Waals surface area contributed by atoms with Gasteiger partial charge in [-0.1, -0.05) is 133 Å². The maximum atomic E-state index is 6.34. The van der Waals surface area contributed by atoms with Crippen LogP contribution in [0.1, 0.15) is 0 Å². The van der Waals surface area contributed by atoms with Gasteiger partial charge in [0, 0.05) is 27.5 Å². The molecule has 0 aliphatic heterocycles. The van der Waals surface area contributed by atoms with Crippen LogP contribution in [-0.2, 0) is 0 Å². The highest BCUT2D eigenvalue weighted by atomic mass is 16.3. The van der Waals surface area contributed by atoms with Crippen molar-refractivity contribution < 1.29 is 4.42 Å². The van der Waals surface area contributed by atoms with Crippen molar-refractivity contribution in [1.82, 2.24) is 9.97 Å². The Morgan fingerprint density at radius 3 is 1.84 bits per heavy atom. The molecule has 2 heterocycles. The largest absolute Gasteiger partial charge is 0.456 e. The molecule has 0 aliphatic rings. The first-order chi connectivity index (χ1) is 25.2. The molecule has 10 aromatic rings. The molecule has 238 valence electrons. The van der Waals surface area contributed by atoms with Crippen LogP contribution >= 0.6 is 0 Å². The van der Waals surface area contributed by atoms with Crippen LogP contribution in [0.15, 0.2) is 186 Å². The molecule has 0 radical (unpaired) electrons. The number of hydrogen-bond donors (Lipinski definition) is 0. The van der Waals surface area contributed by atoms with Crippen molar-refractivity contribution in [2.75, 3.05) is 0 Å². The molecule has 3 nitrogen and oxygen atoms in total. The maximum Gasteiger partial charge on any atom is 0.160 e. The Kier molecular flexibility index (Phi) is 6.81. The van der Waals surface area contributed by atoms with Crippen molar-refractivity contribution in [2.45, 2.75) is 0 Å². The molecule has 0 unspecified atom stereocenters. The van der Waals surface area contributed by atoms with E-state index in [9.17, 15) is 0 Å². The summed E-state index contributed by atoms with van der Waals surface area (Å²) in [5.74, 6) is 0.693. The number of rotatable bonds is 5. The molecule has 0 bridgehead atoms. The summed E-state index contributed by atoms with van der Waals surface area (Å²) in [5, 5.41) is 7.00. The molecule has 0 spiro atoms. The summed E-state index contributed by atoms with van der Waals surface area (Å²) in [6.07, 6.45) is 0. The smallest absolute Gasteiger partial charge is 0.160 e. The molecule has 8 aromatic carbocycles. The van der Waals surface area contributed by atoms with Crippen molar-refractivity contribution >= 4 is 43.5 Å². The molecule has 51 heavy (non-hydrogen) atoms. The monoisotopic (exact) mass is 650 g/mol. The Morgan fingerprint density at radius 2 is 0.961 bits per heavy atom. The standard InChI is InChI=1S/C48H30N2O/c1-2-13-33(14-3-1)44-30-45(50-48(49-44)36-22-21-31-11-4-5-15-34(31)25-36)39-27-37(26-38(28-39)41-19-10-16-32-12-6-7-17-40(32)41)35-23-24-43-42-18-8-9-20-46(42)51-47(43)29-35/h1-30H. The van der Waals surface area contributed by atoms with E-state index in [2.05, 4.69) is 164 Å². The predicted molar refractivity (Wildman–Crippen MR) is 212 cm³/mol. The van der Waals surface area contributed by atoms with Gasteiger partial charge in [0.1, 0.15) is 11.2 Å². The quantitative estimate of drug-likeness (QED) is 0.186. The van der Waals surface area contributed by atoms with Crippen LogP contribution < -0.4 is 0 Å². The Hall–Kier alpha value is -6.84. The van der Waals surface area contributed by atoms with Crippen molar-refractivity contribution in [1.29, 1.82) is 0 Å². The van der Waals surface area contributed by atoms with E-state index in [0.717, 1.165) is 72.1 Å². The van der Waals surface area contributed by atoms with E-state index in [1.54, 1.807) is 0 Å². The summed E-state index contributed by atoms with van der Waals surface area (Å²) >= 11 is 0. The van der Waals surface area contributed by atoms with E-state index in [1.807, 2.05) is 18.2 Å². The molecule has 3 heteroatoms. The zero-order valence-electron chi connectivity index (χ0n) is 27.6. The highest BCUT2D eigenvalue weighted by Crippen LogP contribution is 2.39. The first-order valence-corrected chi connectivity index (χ1v) is 17.2. The minimum atomic E-state index is 0.693. The van der Waals surface area contributed by atoms with Gasteiger partial charge in [-0.2, -0.15) is 0 Å². The van der Waals surface area contributed by atoms with E-state index in [0.29, 0.717) is 5.82 Å². The number of furan rings is 1. The van der Waals surface area contributed by atoms with Gasteiger partial charge in [0.05, 0.1) is 11.4 Å². The lowest BCUT2D eigenvalue weighted by Crippen LogP contribution is -1.97. The normalized spacial score (nSPS) is 11.5. The van der Waals surface area contributed by atoms with E-state index in [4.69, 9.17) is 14.4 Å². The van der Waals surface area contributed by atoms with Crippen LogP contribution in [0, 0.1) is 0 Å². The fourth-order valence-corrected chi connectivity index (χ4v) is 7.29. The fourth-order valence-electron chi connectivity index (χ4n) is 7.29. The molecule has 0 N–H and O–H groups in total. The first kappa shape index (κ1) is 29.1. The SMILES string of the molecule is c1ccc(-c2cc(-c3cc(-c4ccc5c(c4)oc4ccccc45)cc(-c4cccc5ccccc45)c3)nc(-c3ccc4ccccc4c3)n2)cc1. The summed E-state index contributed by atoms with van der Waals surface area (Å²) in [6, 6.07) is 64.0. The second-order valence-electron chi connectivity index (χ2n) is 13.0. The second kappa shape index (κ2) is 11.9. The van der Waals surface area contributed by atoms with E-state index in [1.165, 1.54) is 21.7 Å². The summed E-state index contributed by atoms with van der Waals surface area (Å²) in [4.78, 5) is 10.4. The van der Waals surface area contributed by atoms with Crippen LogP contribution in [0.4, 0.5) is 0 Å². The highest BCUT2D eigenvalue weighted by molar-refractivity contribution is 6.06. The molecule has 10 rings (SSSR count). The number of hydrogen-bond acceptors (Lipinski definition) is 3. The Bertz CT molecular complexity index is 2920. The lowest BCUT2D eigenvalue weighted by molar-refractivity contribution is 0.669. The zero-order chi connectivity index (χ0) is 33.7. The zero-order valence-corrected chi connectivity index (χ0v) is 27.6. The van der Waals surface area contributed by atoms with Crippen LogP contribution in [0.25, 0.3) is 99.6 Å². The van der Waals surface area contributed by atoms with E-state index in [-0.39, 0.29) is 0 Å². The lowest BCUT2D eigenvalue weighted by Gasteiger charge is -2.14. The van der Waals surface area contributed by atoms with E-state index >= 15 is 0 Å². The molecule has 2 aromatic heterocycles. The van der Waals surface area contributed by atoms with Gasteiger partial charge in [0.15, 0.2) is 5.82 Å². The van der Waals surface area contributed by atoms with Crippen LogP contribution in [0.3, 0.4) is 0 Å². The van der Waals surface area contributed by atoms with Crippen LogP contribution in [0.2, 0.25) is 0 Å². The molecule has 0 fully saturated rings. The summed E-state index contributed by atoms with van der Waals surface area (Å²) in [5.41, 5.74) is 11.0. The minimum Gasteiger partial charge on any atom is -0.456 e. The third-order valence-corrected chi connectivity index (χ3v) is 9.84. The van der Waals surface area contributed by atoms with Gasteiger partial charge < -0.3 is 4.42 Å². The molecule has 0 saturated heterocycles. The minimum absolute atomic E-state index is 0.693. The van der Waals surface area contributed by atoms with E-state index < -0.39 is 0 Å². The fraction of sp³-hybridized carbons (Fsp3) is 0. The topological polar surface area (TPSA) is 38.9 Å². The number of benzene rings is 8. The third kappa shape index (κ3) is 5.24. The van der Waals surface area contributed by atoms with Gasteiger partial charge in [-0.15, -0.1) is 0 Å². The van der Waals surface area contributed by atoms with Gasteiger partial charge >= 0.3 is 0 Å². The summed E-state index contributed by atoms with van der Waals surface area (Å²) in [7, 11) is 0. The van der Waals surface area contributed by atoms with Crippen molar-refractivity contribution in [2.24, 2.45) is 0 Å². The van der Waals surface area contributed by atoms with Crippen molar-refractivity contribution in [3.8, 4) is 56.2 Å². The highest BCUT2D eigenvalue weighted by Gasteiger charge is 2.16. The van der Waals surface area contributed by atoms with Gasteiger partial charge in [-0.05, 0) is 92.3 Å². The average Bonchev–Trinajstić information content (AvgIpc) is 3.58. The van der Waals surface area contributed by atoms with Crippen molar-refractivity contribution in [3.05, 3.63) is 182 Å². The second-order valence-corrected chi connectivity index (χ2v) is 13.0. The summed E-state index contributed by atoms with van der Waals surface area (Å²) in [6.45, 7) is 0. The molecular formula is C48H30N2O. The Labute approximate surface area is 295 Å². The third-order valence-electron chi connectivity index (χ3n) is 9.84. The summed E-state index contributed by atoms with van der Waals surface area (Å²) < 4.78 is 6.34. The Balaban J connectivity index is 1.21. The first-order valence-electron chi connectivity index (χ1n) is 17.2. The maximum absolute atomic E-state index is 6.34. The number of fused-ring (bicyclic) bond motifs is 5. The molecule has 0 amide bonds. The lowest BCUT2D eigenvalue weighted by atomic mass is 9.92. The van der Waals surface area contributed by atoms with Crippen LogP contribution in [0.5, 0.6) is 0 Å². The van der Waals surface area contributed by atoms with Gasteiger partial charge in [-0.25, -0.2) is 9.97 Å². The molecular weight excluding hydrogens is 621 g/mol. The van der Waals surface area contributed by atoms with Crippen molar-refractivity contribution in [3.63, 3.8) is 0 Å². The van der Waals surface area contributed by atoms with Gasteiger partial charge in [0.2, 0.25) is 0 Å². The number of nitrogens with zero attached hydrogens (tertiary/aromatic N) is 2. The molecule has 0 atom stereocenters. The number of para-hydroxylation sites is 1. The van der Waals surface area contributed by atoms with Gasteiger partial charge in [0.25, 0.3) is 0 Å². The average molecular weight is 651 g/mol.